The Labute approximate surface area is 96.3 Å². The molecule has 90 valence electrons. The molecule has 0 saturated carbocycles. The number of aromatic nitrogens is 1. The summed E-state index contributed by atoms with van der Waals surface area (Å²) in [6.45, 7) is 4.94. The first kappa shape index (κ1) is 12.9. The number of hydrogen-bond donors (Lipinski definition) is 3. The van der Waals surface area contributed by atoms with E-state index in [2.05, 4.69) is 22.2 Å². The lowest BCUT2D eigenvalue weighted by atomic mass is 10.3. The number of anilines is 1. The summed E-state index contributed by atoms with van der Waals surface area (Å²) in [5, 5.41) is 8.79. The highest BCUT2D eigenvalue weighted by Crippen LogP contribution is 2.06. The maximum Gasteiger partial charge on any atom is 0.140 e. The zero-order chi connectivity index (χ0) is 11.8. The summed E-state index contributed by atoms with van der Waals surface area (Å²) in [7, 11) is 0. The molecule has 0 bridgehead atoms. The molecule has 1 aromatic heterocycles. The predicted molar refractivity (Wildman–Crippen MR) is 64.7 cm³/mol. The summed E-state index contributed by atoms with van der Waals surface area (Å²) in [6.07, 6.45) is 0.794. The maximum absolute atomic E-state index is 8.79. The molecule has 0 amide bonds. The molecule has 0 aliphatic carbocycles. The van der Waals surface area contributed by atoms with E-state index in [0.717, 1.165) is 31.7 Å². The lowest BCUT2D eigenvalue weighted by molar-refractivity contribution is 0.224. The van der Waals surface area contributed by atoms with Gasteiger partial charge in [0.05, 0.1) is 5.69 Å². The molecule has 0 saturated heterocycles. The van der Waals surface area contributed by atoms with E-state index in [1.54, 1.807) is 0 Å². The Bertz CT molecular complexity index is 306. The van der Waals surface area contributed by atoms with Crippen molar-refractivity contribution in [1.29, 1.82) is 0 Å². The van der Waals surface area contributed by atoms with E-state index in [0.29, 0.717) is 5.82 Å². The molecule has 1 aromatic rings. The van der Waals surface area contributed by atoms with Gasteiger partial charge in [0.25, 0.3) is 0 Å². The molecule has 0 aliphatic rings. The van der Waals surface area contributed by atoms with Crippen LogP contribution < -0.4 is 11.3 Å². The van der Waals surface area contributed by atoms with Crippen LogP contribution in [0.25, 0.3) is 0 Å². The lowest BCUT2D eigenvalue weighted by Crippen LogP contribution is -2.25. The van der Waals surface area contributed by atoms with Crippen LogP contribution in [-0.2, 0) is 6.54 Å². The van der Waals surface area contributed by atoms with Gasteiger partial charge in [0.2, 0.25) is 0 Å². The van der Waals surface area contributed by atoms with Crippen molar-refractivity contribution in [3.8, 4) is 0 Å². The lowest BCUT2D eigenvalue weighted by Gasteiger charge is -2.19. The normalized spacial score (nSPS) is 10.8. The Hall–Kier alpha value is -1.17. The van der Waals surface area contributed by atoms with E-state index in [1.807, 2.05) is 18.2 Å². The molecule has 5 heteroatoms. The van der Waals surface area contributed by atoms with E-state index < -0.39 is 0 Å². The van der Waals surface area contributed by atoms with E-state index in [4.69, 9.17) is 10.9 Å². The Morgan fingerprint density at radius 2 is 2.31 bits per heavy atom. The van der Waals surface area contributed by atoms with Crippen LogP contribution >= 0.6 is 0 Å². The first-order valence-electron chi connectivity index (χ1n) is 5.56. The third-order valence-electron chi connectivity index (χ3n) is 2.42. The summed E-state index contributed by atoms with van der Waals surface area (Å²) in [4.78, 5) is 6.58. The quantitative estimate of drug-likeness (QED) is 0.466. The van der Waals surface area contributed by atoms with Gasteiger partial charge in [0.15, 0.2) is 0 Å². The van der Waals surface area contributed by atoms with Gasteiger partial charge in [-0.2, -0.15) is 0 Å². The Balaban J connectivity index is 2.55. The number of nitrogens with one attached hydrogen (secondary N) is 1. The largest absolute Gasteiger partial charge is 0.396 e. The predicted octanol–water partition coefficient (Wildman–Crippen LogP) is 0.572. The van der Waals surface area contributed by atoms with Crippen molar-refractivity contribution >= 4 is 5.82 Å². The van der Waals surface area contributed by atoms with E-state index >= 15 is 0 Å². The summed E-state index contributed by atoms with van der Waals surface area (Å²) < 4.78 is 0. The van der Waals surface area contributed by atoms with Gasteiger partial charge in [-0.15, -0.1) is 0 Å². The molecule has 4 N–H and O–H groups in total. The summed E-state index contributed by atoms with van der Waals surface area (Å²) >= 11 is 0. The van der Waals surface area contributed by atoms with Crippen LogP contribution in [0.5, 0.6) is 0 Å². The third-order valence-corrected chi connectivity index (χ3v) is 2.42. The molecule has 1 heterocycles. The number of aliphatic hydroxyl groups is 1. The molecule has 0 aromatic carbocycles. The molecule has 0 spiro atoms. The number of hydrogen-bond acceptors (Lipinski definition) is 5. The van der Waals surface area contributed by atoms with Crippen molar-refractivity contribution < 1.29 is 5.11 Å². The topological polar surface area (TPSA) is 74.4 Å². The molecule has 0 atom stereocenters. The number of aliphatic hydroxyl groups excluding tert-OH is 1. The van der Waals surface area contributed by atoms with Gasteiger partial charge in [-0.3, -0.25) is 4.90 Å². The molecule has 1 rings (SSSR count). The van der Waals surface area contributed by atoms with Crippen LogP contribution in [0, 0.1) is 0 Å². The van der Waals surface area contributed by atoms with Crippen molar-refractivity contribution in [2.75, 3.05) is 25.1 Å². The fourth-order valence-corrected chi connectivity index (χ4v) is 1.52. The van der Waals surface area contributed by atoms with Gasteiger partial charge < -0.3 is 10.5 Å². The van der Waals surface area contributed by atoms with Crippen molar-refractivity contribution in [3.05, 3.63) is 23.9 Å². The Kier molecular flexibility index (Phi) is 5.77. The first-order chi connectivity index (χ1) is 7.80. The molecule has 5 nitrogen and oxygen atoms in total. The van der Waals surface area contributed by atoms with Gasteiger partial charge in [0, 0.05) is 19.7 Å². The van der Waals surface area contributed by atoms with Crippen molar-refractivity contribution in [3.63, 3.8) is 0 Å². The number of nitrogens with zero attached hydrogens (tertiary/aromatic N) is 2. The van der Waals surface area contributed by atoms with E-state index in [1.165, 1.54) is 0 Å². The SMILES string of the molecule is CCN(CCCO)Cc1cccc(NN)n1. The third kappa shape index (κ3) is 4.14. The second kappa shape index (κ2) is 7.16. The van der Waals surface area contributed by atoms with Crippen molar-refractivity contribution in [2.24, 2.45) is 5.84 Å². The highest BCUT2D eigenvalue weighted by Gasteiger charge is 2.04. The van der Waals surface area contributed by atoms with Crippen LogP contribution in [0.1, 0.15) is 19.0 Å². The summed E-state index contributed by atoms with van der Waals surface area (Å²) in [6, 6.07) is 5.73. The Morgan fingerprint density at radius 3 is 2.94 bits per heavy atom. The van der Waals surface area contributed by atoms with Crippen LogP contribution in [0.4, 0.5) is 5.82 Å². The first-order valence-corrected chi connectivity index (χ1v) is 5.56. The molecule has 0 unspecified atom stereocenters. The highest BCUT2D eigenvalue weighted by atomic mass is 16.3. The Morgan fingerprint density at radius 1 is 1.50 bits per heavy atom. The van der Waals surface area contributed by atoms with Crippen LogP contribution in [0.3, 0.4) is 0 Å². The zero-order valence-electron chi connectivity index (χ0n) is 9.69. The summed E-state index contributed by atoms with van der Waals surface area (Å²) in [5.74, 6) is 5.98. The fourth-order valence-electron chi connectivity index (χ4n) is 1.52. The van der Waals surface area contributed by atoms with Gasteiger partial charge in [-0.25, -0.2) is 10.8 Å². The molecular formula is C11H20N4O. The van der Waals surface area contributed by atoms with Gasteiger partial charge in [-0.1, -0.05) is 13.0 Å². The smallest absolute Gasteiger partial charge is 0.140 e. The second-order valence-electron chi connectivity index (χ2n) is 3.60. The van der Waals surface area contributed by atoms with Gasteiger partial charge in [-0.05, 0) is 25.1 Å². The zero-order valence-corrected chi connectivity index (χ0v) is 9.69. The van der Waals surface area contributed by atoms with Gasteiger partial charge in [0.1, 0.15) is 5.82 Å². The molecular weight excluding hydrogens is 204 g/mol. The minimum absolute atomic E-state index is 0.230. The monoisotopic (exact) mass is 224 g/mol. The molecule has 0 aliphatic heterocycles. The van der Waals surface area contributed by atoms with E-state index in [-0.39, 0.29) is 6.61 Å². The average Bonchev–Trinajstić information content (AvgIpc) is 2.34. The number of nitrogen functional groups attached to an aromatic ring is 1. The van der Waals surface area contributed by atoms with Gasteiger partial charge >= 0.3 is 0 Å². The van der Waals surface area contributed by atoms with Crippen LogP contribution in [0.2, 0.25) is 0 Å². The second-order valence-corrected chi connectivity index (χ2v) is 3.60. The summed E-state index contributed by atoms with van der Waals surface area (Å²) in [5.41, 5.74) is 3.51. The molecule has 0 fully saturated rings. The molecule has 0 radical (unpaired) electrons. The van der Waals surface area contributed by atoms with E-state index in [9.17, 15) is 0 Å². The van der Waals surface area contributed by atoms with Crippen LogP contribution in [0.15, 0.2) is 18.2 Å². The minimum atomic E-state index is 0.230. The molecule has 16 heavy (non-hydrogen) atoms. The fraction of sp³-hybridized carbons (Fsp3) is 0.545. The number of nitrogens with two attached hydrogens (primary N) is 1. The number of hydrazine groups is 1. The minimum Gasteiger partial charge on any atom is -0.396 e. The highest BCUT2D eigenvalue weighted by molar-refractivity contribution is 5.33. The number of pyridine rings is 1. The number of rotatable bonds is 7. The van der Waals surface area contributed by atoms with Crippen LogP contribution in [-0.4, -0.2) is 34.7 Å². The van der Waals surface area contributed by atoms with Crippen molar-refractivity contribution in [2.45, 2.75) is 19.9 Å². The maximum atomic E-state index is 8.79. The van der Waals surface area contributed by atoms with Crippen molar-refractivity contribution in [1.82, 2.24) is 9.88 Å². The average molecular weight is 224 g/mol. The standard InChI is InChI=1S/C11H20N4O/c1-2-15(7-4-8-16)9-10-5-3-6-11(13-10)14-12/h3,5-6,16H,2,4,7-9,12H2,1H3,(H,13,14).